The van der Waals surface area contributed by atoms with E-state index >= 15 is 0 Å². The van der Waals surface area contributed by atoms with Gasteiger partial charge >= 0.3 is 0 Å². The molecule has 7 heteroatoms. The molecule has 4 rings (SSSR count). The molecule has 160 valence electrons. The first-order valence-corrected chi connectivity index (χ1v) is 10.9. The molecule has 0 unspecified atom stereocenters. The van der Waals surface area contributed by atoms with Gasteiger partial charge < -0.3 is 14.5 Å². The van der Waals surface area contributed by atoms with Gasteiger partial charge in [0.25, 0.3) is 0 Å². The Labute approximate surface area is 177 Å². The number of ether oxygens (including phenoxy) is 1. The van der Waals surface area contributed by atoms with Crippen LogP contribution in [0.15, 0.2) is 30.6 Å². The molecule has 1 saturated carbocycles. The number of carbonyl (C=O) groups is 1. The SMILES string of the molecule is Cc1ccc(F)c(Oc2cc(N3CCN(C(=O)CCC4CCCC4)CC3)ncn2)c1. The quantitative estimate of drug-likeness (QED) is 0.707. The molecule has 1 aliphatic heterocycles. The molecule has 6 nitrogen and oxygen atoms in total. The average molecular weight is 413 g/mol. The molecule has 1 aromatic carbocycles. The predicted octanol–water partition coefficient (Wildman–Crippen LogP) is 4.34. The van der Waals surface area contributed by atoms with Crippen LogP contribution in [0.3, 0.4) is 0 Å². The summed E-state index contributed by atoms with van der Waals surface area (Å²) >= 11 is 0. The van der Waals surface area contributed by atoms with Crippen LogP contribution in [0.4, 0.5) is 10.2 Å². The van der Waals surface area contributed by atoms with Crippen LogP contribution in [0.1, 0.15) is 44.1 Å². The monoisotopic (exact) mass is 412 g/mol. The van der Waals surface area contributed by atoms with Crippen LogP contribution >= 0.6 is 0 Å². The maximum atomic E-state index is 14.0. The lowest BCUT2D eigenvalue weighted by Gasteiger charge is -2.35. The highest BCUT2D eigenvalue weighted by Gasteiger charge is 2.24. The average Bonchev–Trinajstić information content (AvgIpc) is 3.29. The molecular formula is C23H29FN4O2. The van der Waals surface area contributed by atoms with E-state index in [9.17, 15) is 9.18 Å². The van der Waals surface area contributed by atoms with E-state index < -0.39 is 5.82 Å². The Balaban J connectivity index is 1.31. The van der Waals surface area contributed by atoms with Gasteiger partial charge in [-0.1, -0.05) is 31.7 Å². The Morgan fingerprint density at radius 1 is 1.13 bits per heavy atom. The number of halogens is 1. The standard InChI is InChI=1S/C23H29FN4O2/c1-17-6-8-19(24)20(14-17)30-22-15-21(25-16-26-22)27-10-12-28(13-11-27)23(29)9-7-18-4-2-3-5-18/h6,8,14-16,18H,2-5,7,9-13H2,1H3. The second kappa shape index (κ2) is 9.41. The second-order valence-electron chi connectivity index (χ2n) is 8.31. The molecule has 0 N–H and O–H groups in total. The van der Waals surface area contributed by atoms with E-state index in [4.69, 9.17) is 4.74 Å². The van der Waals surface area contributed by atoms with Gasteiger partial charge in [0.2, 0.25) is 11.8 Å². The molecule has 2 fully saturated rings. The van der Waals surface area contributed by atoms with Gasteiger partial charge in [-0.2, -0.15) is 0 Å². The molecule has 1 saturated heterocycles. The zero-order valence-electron chi connectivity index (χ0n) is 17.5. The number of piperazine rings is 1. The van der Waals surface area contributed by atoms with E-state index in [2.05, 4.69) is 14.9 Å². The molecule has 2 aromatic rings. The van der Waals surface area contributed by atoms with Crippen LogP contribution in [0.5, 0.6) is 11.6 Å². The summed E-state index contributed by atoms with van der Waals surface area (Å²) < 4.78 is 19.6. The van der Waals surface area contributed by atoms with Crippen molar-refractivity contribution >= 4 is 11.7 Å². The highest BCUT2D eigenvalue weighted by molar-refractivity contribution is 5.76. The molecule has 0 atom stereocenters. The topological polar surface area (TPSA) is 58.6 Å². The summed E-state index contributed by atoms with van der Waals surface area (Å²) in [4.78, 5) is 25.1. The first-order chi connectivity index (χ1) is 14.6. The number of nitrogens with zero attached hydrogens (tertiary/aromatic N) is 4. The Kier molecular flexibility index (Phi) is 6.45. The summed E-state index contributed by atoms with van der Waals surface area (Å²) in [7, 11) is 0. The van der Waals surface area contributed by atoms with Gasteiger partial charge in [0, 0.05) is 38.7 Å². The lowest BCUT2D eigenvalue weighted by molar-refractivity contribution is -0.131. The third-order valence-electron chi connectivity index (χ3n) is 6.13. The number of aryl methyl sites for hydroxylation is 1. The number of aromatic nitrogens is 2. The van der Waals surface area contributed by atoms with Crippen molar-refractivity contribution in [3.05, 3.63) is 42.0 Å². The zero-order chi connectivity index (χ0) is 20.9. The van der Waals surface area contributed by atoms with Crippen LogP contribution in [0, 0.1) is 18.7 Å². The zero-order valence-corrected chi connectivity index (χ0v) is 17.5. The van der Waals surface area contributed by atoms with Gasteiger partial charge in [0.05, 0.1) is 0 Å². The minimum atomic E-state index is -0.425. The van der Waals surface area contributed by atoms with Crippen molar-refractivity contribution in [1.82, 2.24) is 14.9 Å². The van der Waals surface area contributed by atoms with Crippen molar-refractivity contribution in [2.75, 3.05) is 31.1 Å². The number of hydrogen-bond donors (Lipinski definition) is 0. The van der Waals surface area contributed by atoms with Crippen molar-refractivity contribution in [1.29, 1.82) is 0 Å². The number of benzene rings is 1. The molecule has 30 heavy (non-hydrogen) atoms. The smallest absolute Gasteiger partial charge is 0.224 e. The summed E-state index contributed by atoms with van der Waals surface area (Å²) in [5, 5.41) is 0. The van der Waals surface area contributed by atoms with Crippen molar-refractivity contribution in [3.63, 3.8) is 0 Å². The van der Waals surface area contributed by atoms with Crippen LogP contribution in [0.2, 0.25) is 0 Å². The molecule has 2 heterocycles. The summed E-state index contributed by atoms with van der Waals surface area (Å²) in [6.45, 7) is 4.69. The minimum Gasteiger partial charge on any atom is -0.436 e. The third kappa shape index (κ3) is 5.07. The number of carbonyl (C=O) groups excluding carboxylic acids is 1. The van der Waals surface area contributed by atoms with Crippen LogP contribution in [-0.2, 0) is 4.79 Å². The summed E-state index contributed by atoms with van der Waals surface area (Å²) in [6.07, 6.45) is 8.32. The fourth-order valence-corrected chi connectivity index (χ4v) is 4.33. The van der Waals surface area contributed by atoms with Gasteiger partial charge in [0.15, 0.2) is 11.6 Å². The molecule has 0 spiro atoms. The lowest BCUT2D eigenvalue weighted by Crippen LogP contribution is -2.49. The van der Waals surface area contributed by atoms with E-state index in [0.717, 1.165) is 23.7 Å². The van der Waals surface area contributed by atoms with Gasteiger partial charge in [-0.15, -0.1) is 0 Å². The van der Waals surface area contributed by atoms with E-state index in [1.807, 2.05) is 11.8 Å². The van der Waals surface area contributed by atoms with Crippen LogP contribution in [0.25, 0.3) is 0 Å². The molecular weight excluding hydrogens is 383 g/mol. The highest BCUT2D eigenvalue weighted by Crippen LogP contribution is 2.29. The number of rotatable bonds is 6. The van der Waals surface area contributed by atoms with Gasteiger partial charge in [0.1, 0.15) is 12.1 Å². The van der Waals surface area contributed by atoms with Crippen LogP contribution < -0.4 is 9.64 Å². The van der Waals surface area contributed by atoms with E-state index in [-0.39, 0.29) is 11.7 Å². The molecule has 0 bridgehead atoms. The summed E-state index contributed by atoms with van der Waals surface area (Å²) in [6, 6.07) is 6.45. The highest BCUT2D eigenvalue weighted by atomic mass is 19.1. The normalized spacial score (nSPS) is 17.4. The van der Waals surface area contributed by atoms with Crippen LogP contribution in [-0.4, -0.2) is 47.0 Å². The van der Waals surface area contributed by atoms with Gasteiger partial charge in [-0.25, -0.2) is 14.4 Å². The lowest BCUT2D eigenvalue weighted by atomic mass is 10.0. The Morgan fingerprint density at radius 2 is 1.90 bits per heavy atom. The van der Waals surface area contributed by atoms with E-state index in [1.54, 1.807) is 18.2 Å². The first-order valence-electron chi connectivity index (χ1n) is 10.9. The third-order valence-corrected chi connectivity index (χ3v) is 6.13. The molecule has 1 aliphatic carbocycles. The largest absolute Gasteiger partial charge is 0.436 e. The number of amides is 1. The molecule has 2 aliphatic rings. The summed E-state index contributed by atoms with van der Waals surface area (Å²) in [5.74, 6) is 1.77. The molecule has 1 aromatic heterocycles. The molecule has 0 radical (unpaired) electrons. The Morgan fingerprint density at radius 3 is 2.67 bits per heavy atom. The summed E-state index contributed by atoms with van der Waals surface area (Å²) in [5.41, 5.74) is 0.911. The van der Waals surface area contributed by atoms with Crippen molar-refractivity contribution < 1.29 is 13.9 Å². The van der Waals surface area contributed by atoms with Gasteiger partial charge in [-0.3, -0.25) is 4.79 Å². The predicted molar refractivity (Wildman–Crippen MR) is 113 cm³/mol. The van der Waals surface area contributed by atoms with Crippen molar-refractivity contribution in [2.24, 2.45) is 5.92 Å². The van der Waals surface area contributed by atoms with Gasteiger partial charge in [-0.05, 0) is 37.0 Å². The minimum absolute atomic E-state index is 0.150. The fraction of sp³-hybridized carbons (Fsp3) is 0.522. The maximum Gasteiger partial charge on any atom is 0.224 e. The van der Waals surface area contributed by atoms with E-state index in [0.29, 0.717) is 38.5 Å². The van der Waals surface area contributed by atoms with E-state index in [1.165, 1.54) is 38.1 Å². The number of anilines is 1. The van der Waals surface area contributed by atoms with Crippen molar-refractivity contribution in [3.8, 4) is 11.6 Å². The second-order valence-corrected chi connectivity index (χ2v) is 8.31. The maximum absolute atomic E-state index is 14.0. The number of hydrogen-bond acceptors (Lipinski definition) is 5. The van der Waals surface area contributed by atoms with Crippen molar-refractivity contribution in [2.45, 2.75) is 45.4 Å². The first kappa shape index (κ1) is 20.6. The molecule has 1 amide bonds. The Bertz CT molecular complexity index is 877. The fourth-order valence-electron chi connectivity index (χ4n) is 4.33. The Hall–Kier alpha value is -2.70.